The molecule has 7 nitrogen and oxygen atoms in total. The van der Waals surface area contributed by atoms with Crippen LogP contribution in [0.4, 0.5) is 26.3 Å². The Bertz CT molecular complexity index is 1370. The summed E-state index contributed by atoms with van der Waals surface area (Å²) in [5, 5.41) is 8.66. The molecule has 0 atom stereocenters. The molecule has 43 heavy (non-hydrogen) atoms. The van der Waals surface area contributed by atoms with Crippen molar-refractivity contribution >= 4 is 141 Å². The van der Waals surface area contributed by atoms with E-state index < -0.39 is 23.8 Å². The van der Waals surface area contributed by atoms with E-state index in [1.54, 1.807) is 29.8 Å². The predicted molar refractivity (Wildman–Crippen MR) is 163 cm³/mol. The second-order valence-corrected chi connectivity index (χ2v) is 11.1. The Hall–Kier alpha value is 0.893. The van der Waals surface area contributed by atoms with Gasteiger partial charge in [0, 0.05) is 87.7 Å². The molecule has 0 spiro atoms. The normalized spacial score (nSPS) is 8.84. The zero-order chi connectivity index (χ0) is 29.2. The summed E-state index contributed by atoms with van der Waals surface area (Å²) in [4.78, 5) is 26.6. The number of pyridine rings is 2. The molecule has 0 bridgehead atoms. The van der Waals surface area contributed by atoms with Crippen LogP contribution in [0.3, 0.4) is 0 Å². The minimum Gasteiger partial charge on any atom is -0.662 e. The van der Waals surface area contributed by atoms with E-state index in [4.69, 9.17) is 22.3 Å². The maximum atomic E-state index is 12.5. The van der Waals surface area contributed by atoms with Gasteiger partial charge >= 0.3 is 63.5 Å². The maximum Gasteiger partial charge on any atom is 1.00 e. The van der Waals surface area contributed by atoms with Crippen LogP contribution in [0.25, 0.3) is 20.7 Å². The van der Waals surface area contributed by atoms with Gasteiger partial charge in [-0.2, -0.15) is 17.6 Å². The summed E-state index contributed by atoms with van der Waals surface area (Å²) in [5.41, 5.74) is 1.52. The number of allylic oxidation sites excluding steroid dienone is 2. The zero-order valence-corrected chi connectivity index (χ0v) is 32.3. The molecule has 0 unspecified atom stereocenters. The molecule has 4 heterocycles. The Balaban J connectivity index is -0.000000254. The molecule has 0 saturated heterocycles. The number of alkyl halides is 1. The van der Waals surface area contributed by atoms with Gasteiger partial charge in [0.2, 0.25) is 0 Å². The molecular weight excluding hydrogens is 781 g/mol. The second-order valence-electron chi connectivity index (χ2n) is 6.23. The minimum atomic E-state index is -2.24. The molecule has 1 N–H and O–H groups in total. The first-order chi connectivity index (χ1) is 18.6. The summed E-state index contributed by atoms with van der Waals surface area (Å²) in [6.07, 6.45) is -1.59. The summed E-state index contributed by atoms with van der Waals surface area (Å²) in [7, 11) is 0. The monoisotopic (exact) mass is 803 g/mol. The van der Waals surface area contributed by atoms with Crippen LogP contribution >= 0.6 is 62.6 Å². The van der Waals surface area contributed by atoms with E-state index in [-0.39, 0.29) is 148 Å². The third-order valence-corrected chi connectivity index (χ3v) is 7.39. The van der Waals surface area contributed by atoms with Crippen molar-refractivity contribution < 1.29 is 92.7 Å². The third kappa shape index (κ3) is 22.2. The molecule has 0 saturated carbocycles. The number of fused-ring (bicyclic) bond motifs is 2. The Labute approximate surface area is 355 Å². The number of aromatic nitrogens is 4. The second kappa shape index (κ2) is 30.2. The van der Waals surface area contributed by atoms with Gasteiger partial charge in [-0.25, -0.2) is 23.7 Å². The number of thioether (sulfide) groups is 1. The van der Waals surface area contributed by atoms with Gasteiger partial charge in [0.05, 0.1) is 9.40 Å². The van der Waals surface area contributed by atoms with Crippen molar-refractivity contribution in [1.29, 1.82) is 0 Å². The molecule has 0 aromatic carbocycles. The number of carbonyl (C=O) groups excluding carboxylic acids is 1. The van der Waals surface area contributed by atoms with Crippen molar-refractivity contribution in [3.05, 3.63) is 64.4 Å². The number of hydrogen-bond acceptors (Lipinski definition) is 10. The fourth-order valence-electron chi connectivity index (χ4n) is 2.10. The number of nitrogens with zero attached hydrogens (tertiary/aromatic N) is 3. The van der Waals surface area contributed by atoms with E-state index >= 15 is 0 Å². The molecule has 229 valence electrons. The van der Waals surface area contributed by atoms with Crippen LogP contribution in [0, 0.1) is 3.95 Å². The van der Waals surface area contributed by atoms with E-state index in [0.717, 1.165) is 19.0 Å². The standard InChI is InChI=1S/C10H7F3N2S2.C6H4N2S2.C4H4BrF3.CH2O3.2CH4.2K/c11-6(8(12)13)3-5-16-10-15-9-7(17-10)2-1-4-14-9;9-6-8-5-4(10-6)2-1-3-7-5;5-2-1-3(6)4(7)8;2-1-4-3;;;;/h1-2,4H,3,5H2;1-3H,(H,7,8,9);1-2H2;1,3H;2*1H4;;/q;;;;;;;+1/p-1. The fraction of sp³-hybridized carbons (Fsp3) is 0.261. The average Bonchev–Trinajstić information content (AvgIpc) is 3.51. The Morgan fingerprint density at radius 3 is 2.00 bits per heavy atom. The number of halogens is 7. The number of nitrogens with one attached hydrogen (secondary N) is 1. The molecule has 4 aromatic rings. The van der Waals surface area contributed by atoms with E-state index in [1.807, 2.05) is 18.2 Å². The molecule has 20 heteroatoms. The van der Waals surface area contributed by atoms with Crippen molar-refractivity contribution in [3.63, 3.8) is 0 Å². The van der Waals surface area contributed by atoms with E-state index in [9.17, 15) is 26.3 Å². The molecule has 1 radical (unpaired) electrons. The predicted octanol–water partition coefficient (Wildman–Crippen LogP) is 5.78. The van der Waals surface area contributed by atoms with Crippen LogP contribution in [0.5, 0.6) is 0 Å². The average molecular weight is 805 g/mol. The summed E-state index contributed by atoms with van der Waals surface area (Å²) >= 11 is 12.0. The van der Waals surface area contributed by atoms with E-state index in [0.29, 0.717) is 9.99 Å². The minimum absolute atomic E-state index is 0. The van der Waals surface area contributed by atoms with Crippen LogP contribution in [-0.4, -0.2) is 88.9 Å². The topological polar surface area (TPSA) is 104 Å². The van der Waals surface area contributed by atoms with Crippen LogP contribution in [0.2, 0.25) is 0 Å². The van der Waals surface area contributed by atoms with Gasteiger partial charge in [-0.3, -0.25) is 4.79 Å². The van der Waals surface area contributed by atoms with Crippen LogP contribution in [-0.2, 0) is 9.68 Å². The Morgan fingerprint density at radius 1 is 1.00 bits per heavy atom. The van der Waals surface area contributed by atoms with Gasteiger partial charge in [0.15, 0.2) is 25.6 Å². The summed E-state index contributed by atoms with van der Waals surface area (Å²) in [6, 6.07) is 7.59. The Morgan fingerprint density at radius 2 is 1.53 bits per heavy atom. The van der Waals surface area contributed by atoms with Crippen molar-refractivity contribution in [2.24, 2.45) is 0 Å². The first kappa shape index (κ1) is 50.7. The van der Waals surface area contributed by atoms with Crippen molar-refractivity contribution in [2.45, 2.75) is 32.0 Å². The van der Waals surface area contributed by atoms with Gasteiger partial charge in [0.25, 0.3) is 6.47 Å². The first-order valence-electron chi connectivity index (χ1n) is 10.1. The summed E-state index contributed by atoms with van der Waals surface area (Å²) in [5.74, 6) is -2.44. The largest absolute Gasteiger partial charge is 1.00 e. The molecule has 0 amide bonds. The van der Waals surface area contributed by atoms with E-state index in [2.05, 4.69) is 40.8 Å². The SMILES string of the molecule is C.C.FC(F)=C(F)CCBr.FC(F)=C(F)CCSc1nc2ncccc2s1.O=CO[O-].S=c1[nH]c2ncccc2s1.[K+].[K]. The number of hydrogen-bond donors (Lipinski definition) is 1. The molecular formula is C23H24BrF6K2N4O3S4. The van der Waals surface area contributed by atoms with Crippen molar-refractivity contribution in [1.82, 2.24) is 19.9 Å². The molecule has 4 aromatic heterocycles. The number of rotatable bonds is 7. The van der Waals surface area contributed by atoms with Crippen LogP contribution < -0.4 is 56.6 Å². The van der Waals surface area contributed by atoms with Crippen molar-refractivity contribution in [2.75, 3.05) is 11.1 Å². The van der Waals surface area contributed by atoms with Gasteiger partial charge in [0.1, 0.15) is 5.65 Å². The quantitative estimate of drug-likeness (QED) is 0.0367. The first-order valence-corrected chi connectivity index (χ1v) is 14.2. The van der Waals surface area contributed by atoms with Crippen LogP contribution in [0.15, 0.2) is 64.8 Å². The van der Waals surface area contributed by atoms with Crippen molar-refractivity contribution in [3.8, 4) is 0 Å². The van der Waals surface area contributed by atoms with Gasteiger partial charge in [-0.15, -0.1) is 22.7 Å². The number of aromatic amines is 1. The molecule has 0 aliphatic carbocycles. The molecule has 0 aliphatic heterocycles. The molecule has 0 aliphatic rings. The van der Waals surface area contributed by atoms with Gasteiger partial charge in [-0.1, -0.05) is 42.5 Å². The third-order valence-electron chi connectivity index (χ3n) is 3.65. The van der Waals surface area contributed by atoms with E-state index in [1.165, 1.54) is 23.1 Å². The maximum absolute atomic E-state index is 12.5. The van der Waals surface area contributed by atoms with Crippen LogP contribution in [0.1, 0.15) is 27.7 Å². The fourth-order valence-corrected chi connectivity index (χ4v) is 5.53. The molecule has 0 fully saturated rings. The summed E-state index contributed by atoms with van der Waals surface area (Å²) < 4.78 is 73.5. The van der Waals surface area contributed by atoms with Gasteiger partial charge in [-0.05, 0) is 36.5 Å². The summed E-state index contributed by atoms with van der Waals surface area (Å²) in [6.45, 7) is -0.181. The Kier molecular flexibility index (Phi) is 35.7. The van der Waals surface area contributed by atoms with Gasteiger partial charge < -0.3 is 15.1 Å². The smallest absolute Gasteiger partial charge is 0.662 e. The number of carbonyl (C=O) groups is 1. The zero-order valence-electron chi connectivity index (χ0n) is 21.2. The number of H-pyrrole nitrogens is 1. The number of thiazole rings is 2. The molecule has 4 rings (SSSR count).